The Morgan fingerprint density at radius 1 is 0.413 bits per heavy atom. The predicted molar refractivity (Wildman–Crippen MR) is 185 cm³/mol. The minimum Gasteiger partial charge on any atom is -0.456 e. The van der Waals surface area contributed by atoms with Gasteiger partial charge in [0.05, 0.1) is 11.2 Å². The van der Waals surface area contributed by atoms with E-state index >= 15 is 0 Å². The minimum absolute atomic E-state index is 0.568. The van der Waals surface area contributed by atoms with Crippen molar-refractivity contribution in [3.63, 3.8) is 0 Å². The first-order chi connectivity index (χ1) is 22.8. The fraction of sp³-hybridized carbons (Fsp3) is 0. The Labute approximate surface area is 264 Å². The zero-order chi connectivity index (χ0) is 30.2. The molecule has 0 spiro atoms. The lowest BCUT2D eigenvalue weighted by Gasteiger charge is -2.14. The highest BCUT2D eigenvalue weighted by Crippen LogP contribution is 2.53. The van der Waals surface area contributed by atoms with E-state index in [0.29, 0.717) is 17.6 Å². The molecule has 0 unspecified atom stereocenters. The maximum Gasteiger partial charge on any atom is 0.238 e. The highest BCUT2D eigenvalue weighted by atomic mass is 16.3. The zero-order valence-corrected chi connectivity index (χ0v) is 24.6. The summed E-state index contributed by atoms with van der Waals surface area (Å²) in [5.41, 5.74) is 11.4. The van der Waals surface area contributed by atoms with E-state index < -0.39 is 0 Å². The summed E-state index contributed by atoms with van der Waals surface area (Å²) in [5, 5.41) is 3.45. The van der Waals surface area contributed by atoms with E-state index in [-0.39, 0.29) is 0 Å². The van der Waals surface area contributed by atoms with Crippen molar-refractivity contribution in [1.29, 1.82) is 0 Å². The largest absolute Gasteiger partial charge is 0.456 e. The van der Waals surface area contributed by atoms with Crippen LogP contribution in [0.5, 0.6) is 0 Å². The Hall–Kier alpha value is -6.33. The van der Waals surface area contributed by atoms with Gasteiger partial charge in [-0.1, -0.05) is 127 Å². The molecule has 0 atom stereocenters. The molecule has 0 saturated heterocycles. The lowest BCUT2D eigenvalue weighted by atomic mass is 9.95. The van der Waals surface area contributed by atoms with Crippen LogP contribution in [0.2, 0.25) is 0 Å². The van der Waals surface area contributed by atoms with Crippen LogP contribution in [0.15, 0.2) is 150 Å². The molecule has 1 aliphatic carbocycles. The van der Waals surface area contributed by atoms with E-state index in [4.69, 9.17) is 19.4 Å². The summed E-state index contributed by atoms with van der Waals surface area (Å²) >= 11 is 0. The van der Waals surface area contributed by atoms with Gasteiger partial charge in [-0.15, -0.1) is 0 Å². The van der Waals surface area contributed by atoms with Crippen molar-refractivity contribution in [2.24, 2.45) is 0 Å². The third-order valence-corrected chi connectivity index (χ3v) is 9.01. The van der Waals surface area contributed by atoms with Crippen molar-refractivity contribution in [1.82, 2.24) is 19.5 Å². The van der Waals surface area contributed by atoms with Gasteiger partial charge in [-0.05, 0) is 40.5 Å². The zero-order valence-electron chi connectivity index (χ0n) is 24.6. The monoisotopic (exact) mass is 588 g/mol. The molecule has 0 radical (unpaired) electrons. The molecule has 0 amide bonds. The SMILES string of the molecule is c1ccc(-c2nc(-c3ccccc3)nc(-n3c(-c4ccccc4)c4c5c(cccc53)-c3cccc5oc6cccc-4c6c35)n2)cc1. The first kappa shape index (κ1) is 25.0. The second-order valence-electron chi connectivity index (χ2n) is 11.6. The summed E-state index contributed by atoms with van der Waals surface area (Å²) in [4.78, 5) is 15.4. The van der Waals surface area contributed by atoms with Crippen LogP contribution in [0.3, 0.4) is 0 Å². The van der Waals surface area contributed by atoms with Crippen molar-refractivity contribution in [2.75, 3.05) is 0 Å². The maximum absolute atomic E-state index is 6.45. The van der Waals surface area contributed by atoms with E-state index in [1.807, 2.05) is 60.7 Å². The van der Waals surface area contributed by atoms with Gasteiger partial charge >= 0.3 is 0 Å². The first-order valence-corrected chi connectivity index (χ1v) is 15.4. The van der Waals surface area contributed by atoms with Gasteiger partial charge in [0.2, 0.25) is 5.95 Å². The quantitative estimate of drug-likeness (QED) is 0.205. The van der Waals surface area contributed by atoms with Gasteiger partial charge in [0.25, 0.3) is 0 Å². The second-order valence-corrected chi connectivity index (χ2v) is 11.6. The smallest absolute Gasteiger partial charge is 0.238 e. The Kier molecular flexibility index (Phi) is 5.22. The Balaban J connectivity index is 1.40. The summed E-state index contributed by atoms with van der Waals surface area (Å²) in [6.45, 7) is 0. The van der Waals surface area contributed by atoms with Crippen LogP contribution in [0.25, 0.3) is 95.1 Å². The fourth-order valence-electron chi connectivity index (χ4n) is 7.10. The molecule has 9 aromatic rings. The van der Waals surface area contributed by atoms with Crippen LogP contribution >= 0.6 is 0 Å². The molecule has 46 heavy (non-hydrogen) atoms. The van der Waals surface area contributed by atoms with Gasteiger partial charge in [-0.2, -0.15) is 9.97 Å². The van der Waals surface area contributed by atoms with Crippen molar-refractivity contribution in [3.8, 4) is 62.2 Å². The van der Waals surface area contributed by atoms with Crippen LogP contribution in [0.4, 0.5) is 0 Å². The summed E-state index contributed by atoms with van der Waals surface area (Å²) in [5.74, 6) is 1.82. The molecule has 1 aliphatic rings. The molecule has 214 valence electrons. The molecule has 0 bridgehead atoms. The fourth-order valence-corrected chi connectivity index (χ4v) is 7.10. The predicted octanol–water partition coefficient (Wildman–Crippen LogP) is 10.4. The average molecular weight is 589 g/mol. The van der Waals surface area contributed by atoms with E-state index in [1.54, 1.807) is 0 Å². The lowest BCUT2D eigenvalue weighted by molar-refractivity contribution is 0.669. The topological polar surface area (TPSA) is 56.7 Å². The van der Waals surface area contributed by atoms with Crippen LogP contribution in [0, 0.1) is 0 Å². The third kappa shape index (κ3) is 3.54. The van der Waals surface area contributed by atoms with Gasteiger partial charge in [0, 0.05) is 32.8 Å². The van der Waals surface area contributed by atoms with Crippen LogP contribution in [0.1, 0.15) is 0 Å². The molecule has 5 heteroatoms. The van der Waals surface area contributed by atoms with Gasteiger partial charge in [0.15, 0.2) is 11.6 Å². The Morgan fingerprint density at radius 3 is 1.52 bits per heavy atom. The van der Waals surface area contributed by atoms with E-state index in [1.165, 1.54) is 5.39 Å². The molecular weight excluding hydrogens is 564 g/mol. The standard InChI is InChI=1S/C41H24N4O/c1-4-13-25(14-5-1)38-37-30-21-12-24-33-36(30)35-29(20-11-23-32(35)46-33)28-19-10-22-31(34(28)37)45(38)41-43-39(26-15-6-2-7-16-26)42-40(44-41)27-17-8-3-9-18-27/h1-24H. The molecule has 3 heterocycles. The highest BCUT2D eigenvalue weighted by Gasteiger charge is 2.30. The molecular formula is C41H24N4O. The number of fused-ring (bicyclic) bond motifs is 2. The van der Waals surface area contributed by atoms with Gasteiger partial charge in [-0.25, -0.2) is 4.98 Å². The summed E-state index contributed by atoms with van der Waals surface area (Å²) in [6.07, 6.45) is 0. The third-order valence-electron chi connectivity index (χ3n) is 9.01. The van der Waals surface area contributed by atoms with Crippen molar-refractivity contribution >= 4 is 32.8 Å². The van der Waals surface area contributed by atoms with Gasteiger partial charge in [0.1, 0.15) is 11.2 Å². The van der Waals surface area contributed by atoms with Gasteiger partial charge < -0.3 is 4.42 Å². The average Bonchev–Trinajstić information content (AvgIpc) is 3.65. The molecule has 0 aliphatic heterocycles. The van der Waals surface area contributed by atoms with Crippen LogP contribution in [-0.4, -0.2) is 19.5 Å². The molecule has 5 nitrogen and oxygen atoms in total. The molecule has 10 rings (SSSR count). The Morgan fingerprint density at radius 2 is 0.913 bits per heavy atom. The normalized spacial score (nSPS) is 11.9. The highest BCUT2D eigenvalue weighted by molar-refractivity contribution is 6.27. The van der Waals surface area contributed by atoms with E-state index in [9.17, 15) is 0 Å². The lowest BCUT2D eigenvalue weighted by Crippen LogP contribution is -2.08. The van der Waals surface area contributed by atoms with E-state index in [2.05, 4.69) is 89.5 Å². The van der Waals surface area contributed by atoms with E-state index in [0.717, 1.165) is 72.1 Å². The molecule has 6 aromatic carbocycles. The molecule has 3 aromatic heterocycles. The molecule has 0 N–H and O–H groups in total. The number of nitrogens with zero attached hydrogens (tertiary/aromatic N) is 4. The number of rotatable bonds is 4. The number of benzene rings is 6. The number of aromatic nitrogens is 4. The van der Waals surface area contributed by atoms with Crippen LogP contribution in [-0.2, 0) is 0 Å². The number of hydrogen-bond donors (Lipinski definition) is 0. The number of hydrogen-bond acceptors (Lipinski definition) is 4. The van der Waals surface area contributed by atoms with Crippen molar-refractivity contribution < 1.29 is 4.42 Å². The van der Waals surface area contributed by atoms with Crippen LogP contribution < -0.4 is 0 Å². The summed E-state index contributed by atoms with van der Waals surface area (Å²) in [6, 6.07) is 50.1. The second kappa shape index (κ2) is 9.58. The maximum atomic E-state index is 6.45. The van der Waals surface area contributed by atoms with Crippen molar-refractivity contribution in [3.05, 3.63) is 146 Å². The minimum atomic E-state index is 0.568. The molecule has 0 saturated carbocycles. The molecule has 0 fully saturated rings. The van der Waals surface area contributed by atoms with Gasteiger partial charge in [-0.3, -0.25) is 4.57 Å². The Bertz CT molecular complexity index is 2560. The first-order valence-electron chi connectivity index (χ1n) is 15.4. The summed E-state index contributed by atoms with van der Waals surface area (Å²) < 4.78 is 8.68. The summed E-state index contributed by atoms with van der Waals surface area (Å²) in [7, 11) is 0. The number of furan rings is 1. The van der Waals surface area contributed by atoms with Crippen molar-refractivity contribution in [2.45, 2.75) is 0 Å².